The van der Waals surface area contributed by atoms with Crippen LogP contribution in [0.25, 0.3) is 0 Å². The van der Waals surface area contributed by atoms with Crippen molar-refractivity contribution in [1.82, 2.24) is 4.98 Å². The lowest BCUT2D eigenvalue weighted by molar-refractivity contribution is -0.385. The predicted octanol–water partition coefficient (Wildman–Crippen LogP) is 3.49. The molecule has 2 aromatic rings. The highest BCUT2D eigenvalue weighted by Gasteiger charge is 2.18. The summed E-state index contributed by atoms with van der Waals surface area (Å²) in [4.78, 5) is 14.3. The smallest absolute Gasteiger partial charge is 0.311 e. The normalized spacial score (nSPS) is 11.9. The molecule has 0 saturated carbocycles. The second kappa shape index (κ2) is 5.85. The first-order valence-corrected chi connectivity index (χ1v) is 6.10. The van der Waals surface area contributed by atoms with Crippen LogP contribution in [-0.4, -0.2) is 15.0 Å². The van der Waals surface area contributed by atoms with E-state index < -0.39 is 11.0 Å². The third-order valence-corrected chi connectivity index (χ3v) is 2.78. The molecule has 0 saturated heterocycles. The van der Waals surface area contributed by atoms with Gasteiger partial charge in [0.25, 0.3) is 0 Å². The van der Waals surface area contributed by atoms with Crippen molar-refractivity contribution in [3.8, 4) is 11.5 Å². The highest BCUT2D eigenvalue weighted by Crippen LogP contribution is 2.33. The molecule has 0 aliphatic rings. The average molecular weight is 295 g/mol. The zero-order valence-electron chi connectivity index (χ0n) is 10.5. The third-order valence-electron chi connectivity index (χ3n) is 2.57. The molecule has 0 amide bonds. The van der Waals surface area contributed by atoms with Crippen molar-refractivity contribution < 1.29 is 14.8 Å². The van der Waals surface area contributed by atoms with Crippen molar-refractivity contribution in [3.05, 3.63) is 57.4 Å². The zero-order chi connectivity index (χ0) is 14.7. The number of aromatic nitrogens is 1. The van der Waals surface area contributed by atoms with Crippen LogP contribution in [-0.2, 0) is 0 Å². The SMILES string of the molecule is C[C@@H](O)c1ccc(Oc2cncc(Cl)c2)c([N+](=O)[O-])c1. The van der Waals surface area contributed by atoms with Gasteiger partial charge in [-0.05, 0) is 18.6 Å². The number of aliphatic hydroxyl groups is 1. The molecule has 1 heterocycles. The number of ether oxygens (including phenoxy) is 1. The predicted molar refractivity (Wildman–Crippen MR) is 73.1 cm³/mol. The van der Waals surface area contributed by atoms with Crippen LogP contribution in [0.15, 0.2) is 36.7 Å². The maximum atomic E-state index is 11.1. The molecular weight excluding hydrogens is 284 g/mol. The third kappa shape index (κ3) is 3.23. The van der Waals surface area contributed by atoms with Crippen molar-refractivity contribution in [1.29, 1.82) is 0 Å². The molecule has 0 radical (unpaired) electrons. The van der Waals surface area contributed by atoms with E-state index in [4.69, 9.17) is 16.3 Å². The minimum atomic E-state index is -0.796. The van der Waals surface area contributed by atoms with Crippen LogP contribution >= 0.6 is 11.6 Å². The van der Waals surface area contributed by atoms with Crippen molar-refractivity contribution in [3.63, 3.8) is 0 Å². The Kier molecular flexibility index (Phi) is 4.16. The van der Waals surface area contributed by atoms with E-state index in [1.165, 1.54) is 37.5 Å². The Morgan fingerprint density at radius 1 is 1.40 bits per heavy atom. The maximum absolute atomic E-state index is 11.1. The van der Waals surface area contributed by atoms with Crippen LogP contribution in [0.3, 0.4) is 0 Å². The first-order chi connectivity index (χ1) is 9.47. The molecule has 0 unspecified atom stereocenters. The fraction of sp³-hybridized carbons (Fsp3) is 0.154. The minimum Gasteiger partial charge on any atom is -0.448 e. The number of nitrogens with zero attached hydrogens (tertiary/aromatic N) is 2. The van der Waals surface area contributed by atoms with Crippen LogP contribution in [0.2, 0.25) is 5.02 Å². The fourth-order valence-electron chi connectivity index (χ4n) is 1.60. The lowest BCUT2D eigenvalue weighted by atomic mass is 10.1. The van der Waals surface area contributed by atoms with E-state index in [0.717, 1.165) is 0 Å². The Bertz CT molecular complexity index is 646. The molecule has 2 rings (SSSR count). The van der Waals surface area contributed by atoms with Gasteiger partial charge in [-0.2, -0.15) is 0 Å². The van der Waals surface area contributed by atoms with Crippen molar-refractivity contribution in [2.45, 2.75) is 13.0 Å². The number of benzene rings is 1. The lowest BCUT2D eigenvalue weighted by Crippen LogP contribution is -1.97. The second-order valence-electron chi connectivity index (χ2n) is 4.10. The van der Waals surface area contributed by atoms with Crippen molar-refractivity contribution in [2.75, 3.05) is 0 Å². The van der Waals surface area contributed by atoms with Crippen LogP contribution in [0, 0.1) is 10.1 Å². The van der Waals surface area contributed by atoms with Gasteiger partial charge in [-0.3, -0.25) is 15.1 Å². The summed E-state index contributed by atoms with van der Waals surface area (Å²) in [5.74, 6) is 0.355. The summed E-state index contributed by atoms with van der Waals surface area (Å²) in [6.07, 6.45) is 2.04. The molecule has 0 fully saturated rings. The zero-order valence-corrected chi connectivity index (χ0v) is 11.2. The number of halogens is 1. The molecule has 0 aliphatic carbocycles. The van der Waals surface area contributed by atoms with Gasteiger partial charge < -0.3 is 9.84 Å². The Morgan fingerprint density at radius 2 is 2.15 bits per heavy atom. The Morgan fingerprint density at radius 3 is 2.75 bits per heavy atom. The van der Waals surface area contributed by atoms with Gasteiger partial charge in [0, 0.05) is 18.3 Å². The average Bonchev–Trinajstić information content (AvgIpc) is 2.38. The molecule has 1 N–H and O–H groups in total. The van der Waals surface area contributed by atoms with E-state index in [0.29, 0.717) is 16.3 Å². The van der Waals surface area contributed by atoms with Gasteiger partial charge in [0.1, 0.15) is 5.75 Å². The molecule has 0 aliphatic heterocycles. The van der Waals surface area contributed by atoms with E-state index in [2.05, 4.69) is 4.98 Å². The molecule has 6 nitrogen and oxygen atoms in total. The van der Waals surface area contributed by atoms with Gasteiger partial charge in [-0.15, -0.1) is 0 Å². The molecule has 7 heteroatoms. The van der Waals surface area contributed by atoms with Crippen LogP contribution in [0.5, 0.6) is 11.5 Å². The summed E-state index contributed by atoms with van der Waals surface area (Å²) in [5, 5.41) is 20.9. The molecular formula is C13H11ClN2O4. The lowest BCUT2D eigenvalue weighted by Gasteiger charge is -2.09. The topological polar surface area (TPSA) is 85.5 Å². The van der Waals surface area contributed by atoms with Gasteiger partial charge in [0.2, 0.25) is 5.75 Å². The molecule has 0 spiro atoms. The first kappa shape index (κ1) is 14.2. The molecule has 1 aromatic carbocycles. The fourth-order valence-corrected chi connectivity index (χ4v) is 1.76. The van der Waals surface area contributed by atoms with Crippen LogP contribution in [0.4, 0.5) is 5.69 Å². The van der Waals surface area contributed by atoms with Gasteiger partial charge in [-0.25, -0.2) is 0 Å². The van der Waals surface area contributed by atoms with E-state index in [1.54, 1.807) is 6.07 Å². The Labute approximate surface area is 119 Å². The number of nitro groups is 1. The summed E-state index contributed by atoms with van der Waals surface area (Å²) in [5.41, 5.74) is 0.205. The summed E-state index contributed by atoms with van der Waals surface area (Å²) in [6, 6.07) is 5.77. The second-order valence-corrected chi connectivity index (χ2v) is 4.54. The maximum Gasteiger partial charge on any atom is 0.311 e. The summed E-state index contributed by atoms with van der Waals surface area (Å²) in [6.45, 7) is 1.53. The highest BCUT2D eigenvalue weighted by molar-refractivity contribution is 6.30. The number of aliphatic hydroxyl groups excluding tert-OH is 1. The summed E-state index contributed by atoms with van der Waals surface area (Å²) in [7, 11) is 0. The van der Waals surface area contributed by atoms with E-state index in [-0.39, 0.29) is 11.4 Å². The summed E-state index contributed by atoms with van der Waals surface area (Å²) < 4.78 is 5.42. The quantitative estimate of drug-likeness (QED) is 0.689. The Balaban J connectivity index is 2.38. The molecule has 0 bridgehead atoms. The van der Waals surface area contributed by atoms with Crippen molar-refractivity contribution in [2.24, 2.45) is 0 Å². The number of nitro benzene ring substituents is 1. The molecule has 1 atom stereocenters. The van der Waals surface area contributed by atoms with Crippen LogP contribution < -0.4 is 4.74 Å². The number of hydrogen-bond donors (Lipinski definition) is 1. The molecule has 20 heavy (non-hydrogen) atoms. The van der Waals surface area contributed by atoms with Crippen LogP contribution in [0.1, 0.15) is 18.6 Å². The van der Waals surface area contributed by atoms with Gasteiger partial charge in [-0.1, -0.05) is 17.7 Å². The number of hydrogen-bond acceptors (Lipinski definition) is 5. The molecule has 104 valence electrons. The van der Waals surface area contributed by atoms with E-state index in [1.807, 2.05) is 0 Å². The first-order valence-electron chi connectivity index (χ1n) is 5.72. The molecule has 1 aromatic heterocycles. The standard InChI is InChI=1S/C13H11ClN2O4/c1-8(17)9-2-3-13(12(4-9)16(18)19)20-11-5-10(14)6-15-7-11/h2-8,17H,1H3/t8-/m1/s1. The van der Waals surface area contributed by atoms with E-state index >= 15 is 0 Å². The van der Waals surface area contributed by atoms with Gasteiger partial charge in [0.15, 0.2) is 0 Å². The minimum absolute atomic E-state index is 0.0588. The Hall–Kier alpha value is -2.18. The summed E-state index contributed by atoms with van der Waals surface area (Å²) >= 11 is 5.77. The van der Waals surface area contributed by atoms with Gasteiger partial charge >= 0.3 is 5.69 Å². The van der Waals surface area contributed by atoms with E-state index in [9.17, 15) is 15.2 Å². The van der Waals surface area contributed by atoms with Gasteiger partial charge in [0.05, 0.1) is 22.2 Å². The monoisotopic (exact) mass is 294 g/mol. The number of pyridine rings is 1. The highest BCUT2D eigenvalue weighted by atomic mass is 35.5. The van der Waals surface area contributed by atoms with Crippen molar-refractivity contribution >= 4 is 17.3 Å². The number of rotatable bonds is 4. The largest absolute Gasteiger partial charge is 0.448 e.